The van der Waals surface area contributed by atoms with E-state index in [4.69, 9.17) is 0 Å². The Morgan fingerprint density at radius 3 is 2.33 bits per heavy atom. The van der Waals surface area contributed by atoms with Crippen molar-refractivity contribution in [1.82, 2.24) is 0 Å². The summed E-state index contributed by atoms with van der Waals surface area (Å²) in [5.41, 5.74) is -4.03. The van der Waals surface area contributed by atoms with Crippen LogP contribution in [0.3, 0.4) is 0 Å². The lowest BCUT2D eigenvalue weighted by Crippen LogP contribution is -2.70. The maximum Gasteiger partial charge on any atom is 0.190 e. The summed E-state index contributed by atoms with van der Waals surface area (Å²) in [4.78, 5) is 12.8. The van der Waals surface area contributed by atoms with E-state index in [-0.39, 0.29) is 18.9 Å². The highest BCUT2D eigenvalue weighted by Gasteiger charge is 2.70. The second-order valence-corrected chi connectivity index (χ2v) is 9.64. The molecule has 0 heterocycles. The minimum Gasteiger partial charge on any atom is -0.392 e. The molecular formula is C22H32O5. The van der Waals surface area contributed by atoms with Gasteiger partial charge in [0.05, 0.1) is 17.8 Å². The Bertz CT molecular complexity index is 763. The number of aliphatic hydroxyl groups excluding tert-OH is 1. The van der Waals surface area contributed by atoms with Gasteiger partial charge < -0.3 is 20.4 Å². The molecule has 0 aromatic heterocycles. The van der Waals surface area contributed by atoms with Crippen LogP contribution < -0.4 is 0 Å². The molecule has 1 unspecified atom stereocenters. The molecule has 5 heteroatoms. The normalized spacial score (nSPS) is 46.1. The van der Waals surface area contributed by atoms with Gasteiger partial charge in [-0.3, -0.25) is 4.79 Å². The van der Waals surface area contributed by atoms with Crippen molar-refractivity contribution in [3.63, 3.8) is 0 Å². The van der Waals surface area contributed by atoms with Crippen LogP contribution in [0.2, 0.25) is 0 Å². The molecule has 0 amide bonds. The van der Waals surface area contributed by atoms with Gasteiger partial charge in [-0.05, 0) is 48.3 Å². The number of Topliss-reactive ketones (excluding diaryl/α,β-unsaturated/α-hetero) is 1. The summed E-state index contributed by atoms with van der Waals surface area (Å²) in [5.74, 6) is -2.38. The third-order valence-corrected chi connectivity index (χ3v) is 7.52. The van der Waals surface area contributed by atoms with Gasteiger partial charge in [0.2, 0.25) is 0 Å². The fourth-order valence-corrected chi connectivity index (χ4v) is 6.15. The van der Waals surface area contributed by atoms with E-state index in [1.165, 1.54) is 0 Å². The van der Waals surface area contributed by atoms with Gasteiger partial charge in [0.1, 0.15) is 5.60 Å². The van der Waals surface area contributed by atoms with Crippen LogP contribution >= 0.6 is 0 Å². The van der Waals surface area contributed by atoms with E-state index in [1.807, 2.05) is 20.8 Å². The molecule has 0 aliphatic heterocycles. The van der Waals surface area contributed by atoms with Crippen molar-refractivity contribution in [2.45, 2.75) is 64.3 Å². The standard InChI is InChI=1S/C22H32O5/c1-12(2)22(27)17-8-15(11-23)10-20(25)16(7-13(3)18(20)24)21(17,26)14(4)9-19(22,5)6/h7-8,14,16-17,23,25-27H,1,9-11H2,2-6H3/t14-,16-,17-,20-,21+,22?/m1/s1. The van der Waals surface area contributed by atoms with Crippen molar-refractivity contribution in [2.24, 2.45) is 23.2 Å². The molecular weight excluding hydrogens is 344 g/mol. The number of aliphatic hydroxyl groups is 4. The Balaban J connectivity index is 2.34. The zero-order chi connectivity index (χ0) is 20.6. The Hall–Kier alpha value is -1.27. The van der Waals surface area contributed by atoms with Gasteiger partial charge in [-0.2, -0.15) is 0 Å². The molecule has 3 aliphatic carbocycles. The van der Waals surface area contributed by atoms with Gasteiger partial charge in [-0.25, -0.2) is 0 Å². The molecule has 3 rings (SSSR count). The predicted molar refractivity (Wildman–Crippen MR) is 103 cm³/mol. The molecule has 1 saturated carbocycles. The van der Waals surface area contributed by atoms with E-state index in [2.05, 4.69) is 6.58 Å². The molecule has 3 aliphatic rings. The van der Waals surface area contributed by atoms with Gasteiger partial charge in [0.25, 0.3) is 0 Å². The smallest absolute Gasteiger partial charge is 0.190 e. The van der Waals surface area contributed by atoms with Crippen LogP contribution in [0.5, 0.6) is 0 Å². The molecule has 0 spiro atoms. The van der Waals surface area contributed by atoms with E-state index < -0.39 is 39.8 Å². The molecule has 0 radical (unpaired) electrons. The van der Waals surface area contributed by atoms with E-state index in [9.17, 15) is 25.2 Å². The maximum absolute atomic E-state index is 12.8. The first kappa shape index (κ1) is 20.5. The zero-order valence-electron chi connectivity index (χ0n) is 16.9. The fourth-order valence-electron chi connectivity index (χ4n) is 6.15. The number of rotatable bonds is 2. The number of ketones is 1. The molecule has 27 heavy (non-hydrogen) atoms. The number of hydrogen-bond donors (Lipinski definition) is 4. The van der Waals surface area contributed by atoms with E-state index in [0.717, 1.165) is 0 Å². The molecule has 0 aromatic rings. The molecule has 0 aromatic carbocycles. The Labute approximate surface area is 161 Å². The van der Waals surface area contributed by atoms with Crippen molar-refractivity contribution in [1.29, 1.82) is 0 Å². The van der Waals surface area contributed by atoms with Crippen LogP contribution in [0.15, 0.2) is 35.5 Å². The fraction of sp³-hybridized carbons (Fsp3) is 0.682. The van der Waals surface area contributed by atoms with Crippen molar-refractivity contribution < 1.29 is 25.2 Å². The quantitative estimate of drug-likeness (QED) is 0.552. The summed E-state index contributed by atoms with van der Waals surface area (Å²) >= 11 is 0. The molecule has 5 nitrogen and oxygen atoms in total. The molecule has 0 saturated heterocycles. The molecule has 150 valence electrons. The van der Waals surface area contributed by atoms with Gasteiger partial charge in [0, 0.05) is 18.3 Å². The number of carbonyl (C=O) groups excluding carboxylic acids is 1. The van der Waals surface area contributed by atoms with Crippen molar-refractivity contribution in [2.75, 3.05) is 6.61 Å². The maximum atomic E-state index is 12.8. The van der Waals surface area contributed by atoms with Crippen LogP contribution in [0.1, 0.15) is 47.5 Å². The highest BCUT2D eigenvalue weighted by atomic mass is 16.3. The lowest BCUT2D eigenvalue weighted by Gasteiger charge is -2.62. The van der Waals surface area contributed by atoms with Crippen LogP contribution in [-0.2, 0) is 4.79 Å². The minimum absolute atomic E-state index is 0.0565. The highest BCUT2D eigenvalue weighted by Crippen LogP contribution is 2.62. The molecule has 1 fully saturated rings. The minimum atomic E-state index is -1.81. The molecule has 4 N–H and O–H groups in total. The van der Waals surface area contributed by atoms with Crippen molar-refractivity contribution in [3.8, 4) is 0 Å². The van der Waals surface area contributed by atoms with Gasteiger partial charge in [-0.15, -0.1) is 0 Å². The summed E-state index contributed by atoms with van der Waals surface area (Å²) < 4.78 is 0. The average molecular weight is 376 g/mol. The first-order chi connectivity index (χ1) is 12.3. The summed E-state index contributed by atoms with van der Waals surface area (Å²) in [6, 6.07) is 0. The summed E-state index contributed by atoms with van der Waals surface area (Å²) in [6.07, 6.45) is 3.77. The van der Waals surface area contributed by atoms with Crippen LogP contribution in [0.4, 0.5) is 0 Å². The third-order valence-electron chi connectivity index (χ3n) is 7.52. The molecule has 0 bridgehead atoms. The third kappa shape index (κ3) is 2.35. The van der Waals surface area contributed by atoms with Crippen molar-refractivity contribution in [3.05, 3.63) is 35.5 Å². The zero-order valence-corrected chi connectivity index (χ0v) is 16.9. The average Bonchev–Trinajstić information content (AvgIpc) is 2.73. The predicted octanol–water partition coefficient (Wildman–Crippen LogP) is 1.91. The number of fused-ring (bicyclic) bond motifs is 3. The second kappa shape index (κ2) is 5.86. The summed E-state index contributed by atoms with van der Waals surface area (Å²) in [7, 11) is 0. The van der Waals surface area contributed by atoms with Crippen LogP contribution in [0.25, 0.3) is 0 Å². The molecule has 6 atom stereocenters. The summed E-state index contributed by atoms with van der Waals surface area (Å²) in [5, 5.41) is 45.2. The topological polar surface area (TPSA) is 98.0 Å². The Kier molecular flexibility index (Phi) is 4.44. The highest BCUT2D eigenvalue weighted by molar-refractivity contribution is 6.04. The first-order valence-corrected chi connectivity index (χ1v) is 9.63. The SMILES string of the molecule is C=C(C)C1(O)[C@@H]2C=C(CO)C[C@]3(O)C(=O)C(C)=C[C@H]3[C@@]2(O)[C@H](C)CC1(C)C. The van der Waals surface area contributed by atoms with Gasteiger partial charge in [-0.1, -0.05) is 39.5 Å². The van der Waals surface area contributed by atoms with Gasteiger partial charge in [0.15, 0.2) is 5.78 Å². The van der Waals surface area contributed by atoms with Crippen LogP contribution in [0, 0.1) is 23.2 Å². The van der Waals surface area contributed by atoms with E-state index >= 15 is 0 Å². The number of hydrogen-bond acceptors (Lipinski definition) is 5. The second-order valence-electron chi connectivity index (χ2n) is 9.64. The monoisotopic (exact) mass is 376 g/mol. The van der Waals surface area contributed by atoms with Gasteiger partial charge >= 0.3 is 0 Å². The Morgan fingerprint density at radius 1 is 1.22 bits per heavy atom. The van der Waals surface area contributed by atoms with Crippen LogP contribution in [-0.4, -0.2) is 49.6 Å². The largest absolute Gasteiger partial charge is 0.392 e. The Morgan fingerprint density at radius 2 is 1.81 bits per heavy atom. The first-order valence-electron chi connectivity index (χ1n) is 9.63. The number of carbonyl (C=O) groups is 1. The summed E-state index contributed by atoms with van der Waals surface area (Å²) in [6.45, 7) is 12.8. The van der Waals surface area contributed by atoms with Crippen molar-refractivity contribution >= 4 is 5.78 Å². The van der Waals surface area contributed by atoms with E-state index in [1.54, 1.807) is 26.0 Å². The lowest BCUT2D eigenvalue weighted by atomic mass is 9.47. The lowest BCUT2D eigenvalue weighted by molar-refractivity contribution is -0.234. The van der Waals surface area contributed by atoms with E-state index in [0.29, 0.717) is 23.1 Å².